The van der Waals surface area contributed by atoms with Crippen LogP contribution in [0.15, 0.2) is 0 Å². The highest BCUT2D eigenvalue weighted by Crippen LogP contribution is 2.02. The predicted octanol–water partition coefficient (Wildman–Crippen LogP) is 0.463. The molecule has 0 amide bonds. The van der Waals surface area contributed by atoms with Gasteiger partial charge in [-0.2, -0.15) is 0 Å². The summed E-state index contributed by atoms with van der Waals surface area (Å²) >= 11 is 0. The van der Waals surface area contributed by atoms with Crippen LogP contribution in [-0.2, 0) is 9.53 Å². The fraction of sp³-hybridized carbons (Fsp3) is 0.889. The lowest BCUT2D eigenvalue weighted by Gasteiger charge is -2.12. The maximum Gasteiger partial charge on any atom is 0.306 e. The molecule has 0 spiro atoms. The van der Waals surface area contributed by atoms with Gasteiger partial charge in [0.15, 0.2) is 0 Å². The van der Waals surface area contributed by atoms with Crippen LogP contribution in [0.1, 0.15) is 32.6 Å². The van der Waals surface area contributed by atoms with Gasteiger partial charge in [0.1, 0.15) is 6.10 Å². The van der Waals surface area contributed by atoms with Gasteiger partial charge in [-0.05, 0) is 6.42 Å². The number of ether oxygens (including phenoxy) is 1. The van der Waals surface area contributed by atoms with E-state index < -0.39 is 6.10 Å². The first kappa shape index (κ1) is 12.4. The highest BCUT2D eigenvalue weighted by Gasteiger charge is 2.11. The van der Waals surface area contributed by atoms with Crippen LogP contribution >= 0.6 is 0 Å². The molecule has 0 aromatic rings. The lowest BCUT2D eigenvalue weighted by atomic mass is 10.2. The Morgan fingerprint density at radius 3 is 2.38 bits per heavy atom. The second-order valence-electron chi connectivity index (χ2n) is 2.93. The van der Waals surface area contributed by atoms with Gasteiger partial charge < -0.3 is 14.9 Å². The Balaban J connectivity index is 3.48. The number of aliphatic hydroxyl groups excluding tert-OH is 2. The van der Waals surface area contributed by atoms with Crippen LogP contribution < -0.4 is 0 Å². The number of carbonyl (C=O) groups excluding carboxylic acids is 1. The van der Waals surface area contributed by atoms with Gasteiger partial charge in [-0.1, -0.05) is 19.8 Å². The summed E-state index contributed by atoms with van der Waals surface area (Å²) in [6.45, 7) is 1.40. The van der Waals surface area contributed by atoms with Gasteiger partial charge >= 0.3 is 5.97 Å². The second kappa shape index (κ2) is 8.01. The Morgan fingerprint density at radius 2 is 1.92 bits per heavy atom. The third kappa shape index (κ3) is 6.54. The maximum atomic E-state index is 11.0. The molecule has 4 heteroatoms. The van der Waals surface area contributed by atoms with Crippen molar-refractivity contribution in [3.63, 3.8) is 0 Å². The number of hydrogen-bond acceptors (Lipinski definition) is 4. The minimum atomic E-state index is -0.755. The summed E-state index contributed by atoms with van der Waals surface area (Å²) in [6.07, 6.45) is 2.46. The van der Waals surface area contributed by atoms with Crippen LogP contribution in [-0.4, -0.2) is 35.5 Å². The molecule has 0 aromatic carbocycles. The SMILES string of the molecule is CCCCCC(=O)OC(CO)CO. The van der Waals surface area contributed by atoms with Crippen LogP contribution in [0.4, 0.5) is 0 Å². The summed E-state index contributed by atoms with van der Waals surface area (Å²) in [5.74, 6) is -0.346. The molecule has 0 fully saturated rings. The molecule has 78 valence electrons. The number of aliphatic hydroxyl groups is 2. The molecule has 0 saturated carbocycles. The maximum absolute atomic E-state index is 11.0. The van der Waals surface area contributed by atoms with Crippen molar-refractivity contribution in [2.75, 3.05) is 13.2 Å². The topological polar surface area (TPSA) is 66.8 Å². The lowest BCUT2D eigenvalue weighted by Crippen LogP contribution is -2.25. The summed E-state index contributed by atoms with van der Waals surface area (Å²) in [5.41, 5.74) is 0. The molecule has 4 nitrogen and oxygen atoms in total. The van der Waals surface area contributed by atoms with E-state index in [2.05, 4.69) is 6.92 Å². The van der Waals surface area contributed by atoms with Crippen molar-refractivity contribution in [1.29, 1.82) is 0 Å². The number of esters is 1. The molecule has 0 bridgehead atoms. The molecule has 0 aliphatic carbocycles. The van der Waals surface area contributed by atoms with Crippen molar-refractivity contribution in [3.05, 3.63) is 0 Å². The zero-order valence-electron chi connectivity index (χ0n) is 8.03. The van der Waals surface area contributed by atoms with Gasteiger partial charge in [-0.3, -0.25) is 4.79 Å². The van der Waals surface area contributed by atoms with Crippen molar-refractivity contribution in [1.82, 2.24) is 0 Å². The summed E-state index contributed by atoms with van der Waals surface area (Å²) in [7, 11) is 0. The van der Waals surface area contributed by atoms with Gasteiger partial charge in [0.05, 0.1) is 13.2 Å². The molecule has 0 unspecified atom stereocenters. The third-order valence-electron chi connectivity index (χ3n) is 1.69. The monoisotopic (exact) mass is 190 g/mol. The minimum absolute atomic E-state index is 0.323. The van der Waals surface area contributed by atoms with Crippen molar-refractivity contribution in [2.45, 2.75) is 38.7 Å². The van der Waals surface area contributed by atoms with Crippen molar-refractivity contribution in [3.8, 4) is 0 Å². The quantitative estimate of drug-likeness (QED) is 0.452. The third-order valence-corrected chi connectivity index (χ3v) is 1.69. The Morgan fingerprint density at radius 1 is 1.31 bits per heavy atom. The van der Waals surface area contributed by atoms with Crippen LogP contribution in [0.5, 0.6) is 0 Å². The van der Waals surface area contributed by atoms with E-state index in [0.29, 0.717) is 6.42 Å². The standard InChI is InChI=1S/C9H18O4/c1-2-3-4-5-9(12)13-8(6-10)7-11/h8,10-11H,2-7H2,1H3. The van der Waals surface area contributed by atoms with E-state index in [9.17, 15) is 4.79 Å². The average molecular weight is 190 g/mol. The first-order valence-electron chi connectivity index (χ1n) is 4.65. The summed E-state index contributed by atoms with van der Waals surface area (Å²) in [6, 6.07) is 0. The summed E-state index contributed by atoms with van der Waals surface area (Å²) in [5, 5.41) is 17.2. The molecule has 0 aliphatic heterocycles. The highest BCUT2D eigenvalue weighted by molar-refractivity contribution is 5.69. The first-order chi connectivity index (χ1) is 6.24. The van der Waals surface area contributed by atoms with E-state index in [0.717, 1.165) is 19.3 Å². The molecular weight excluding hydrogens is 172 g/mol. The Kier molecular flexibility index (Phi) is 7.63. The van der Waals surface area contributed by atoms with Crippen molar-refractivity contribution in [2.24, 2.45) is 0 Å². The molecule has 0 saturated heterocycles. The zero-order valence-corrected chi connectivity index (χ0v) is 8.03. The highest BCUT2D eigenvalue weighted by atomic mass is 16.6. The van der Waals surface area contributed by atoms with Crippen molar-refractivity contribution < 1.29 is 19.7 Å². The van der Waals surface area contributed by atoms with Gasteiger partial charge in [-0.25, -0.2) is 0 Å². The minimum Gasteiger partial charge on any atom is -0.457 e. The Bertz CT molecular complexity index is 132. The van der Waals surface area contributed by atoms with Gasteiger partial charge in [0, 0.05) is 6.42 Å². The molecule has 0 heterocycles. The first-order valence-corrected chi connectivity index (χ1v) is 4.65. The molecule has 0 atom stereocenters. The van der Waals surface area contributed by atoms with E-state index in [-0.39, 0.29) is 19.2 Å². The largest absolute Gasteiger partial charge is 0.457 e. The fourth-order valence-corrected chi connectivity index (χ4v) is 0.896. The van der Waals surface area contributed by atoms with E-state index in [1.54, 1.807) is 0 Å². The molecule has 2 N–H and O–H groups in total. The molecular formula is C9H18O4. The number of hydrogen-bond donors (Lipinski definition) is 2. The lowest BCUT2D eigenvalue weighted by molar-refractivity contribution is -0.153. The summed E-state index contributed by atoms with van der Waals surface area (Å²) in [4.78, 5) is 11.0. The second-order valence-corrected chi connectivity index (χ2v) is 2.93. The van der Waals surface area contributed by atoms with Gasteiger partial charge in [-0.15, -0.1) is 0 Å². The van der Waals surface area contributed by atoms with E-state index in [4.69, 9.17) is 14.9 Å². The van der Waals surface area contributed by atoms with E-state index >= 15 is 0 Å². The van der Waals surface area contributed by atoms with Crippen LogP contribution in [0, 0.1) is 0 Å². The molecule has 13 heavy (non-hydrogen) atoms. The van der Waals surface area contributed by atoms with Crippen LogP contribution in [0.3, 0.4) is 0 Å². The summed E-state index contributed by atoms with van der Waals surface area (Å²) < 4.78 is 4.76. The number of unbranched alkanes of at least 4 members (excludes halogenated alkanes) is 2. The van der Waals surface area contributed by atoms with Crippen molar-refractivity contribution >= 4 is 5.97 Å². The Hall–Kier alpha value is -0.610. The number of carbonyl (C=O) groups is 1. The fourth-order valence-electron chi connectivity index (χ4n) is 0.896. The molecule has 0 radical (unpaired) electrons. The van der Waals surface area contributed by atoms with Gasteiger partial charge in [0.2, 0.25) is 0 Å². The normalized spacial score (nSPS) is 10.5. The predicted molar refractivity (Wildman–Crippen MR) is 48.2 cm³/mol. The van der Waals surface area contributed by atoms with E-state index in [1.165, 1.54) is 0 Å². The molecule has 0 aliphatic rings. The average Bonchev–Trinajstić information content (AvgIpc) is 2.14. The van der Waals surface area contributed by atoms with Crippen LogP contribution in [0.25, 0.3) is 0 Å². The van der Waals surface area contributed by atoms with Crippen LogP contribution in [0.2, 0.25) is 0 Å². The molecule has 0 aromatic heterocycles. The number of rotatable bonds is 7. The van der Waals surface area contributed by atoms with E-state index in [1.807, 2.05) is 0 Å². The zero-order chi connectivity index (χ0) is 10.1. The Labute approximate surface area is 78.5 Å². The smallest absolute Gasteiger partial charge is 0.306 e. The molecule has 0 rings (SSSR count). The van der Waals surface area contributed by atoms with Gasteiger partial charge in [0.25, 0.3) is 0 Å².